The van der Waals surface area contributed by atoms with E-state index in [9.17, 15) is 0 Å². The van der Waals surface area contributed by atoms with Crippen molar-refractivity contribution in [1.29, 1.82) is 0 Å². The number of aryl methyl sites for hydroxylation is 1. The first-order valence-electron chi connectivity index (χ1n) is 4.60. The Bertz CT molecular complexity index is 299. The average Bonchev–Trinajstić information content (AvgIpc) is 2.08. The van der Waals surface area contributed by atoms with E-state index < -0.39 is 0 Å². The molecule has 1 aromatic heterocycles. The van der Waals surface area contributed by atoms with E-state index in [1.54, 1.807) is 0 Å². The molecule has 78 valence electrons. The summed E-state index contributed by atoms with van der Waals surface area (Å²) in [5, 5.41) is 3.30. The van der Waals surface area contributed by atoms with Gasteiger partial charge in [0.2, 0.25) is 0 Å². The van der Waals surface area contributed by atoms with Crippen LogP contribution in [0.1, 0.15) is 5.56 Å². The Morgan fingerprint density at radius 3 is 2.79 bits per heavy atom. The first kappa shape index (κ1) is 11.5. The lowest BCUT2D eigenvalue weighted by Gasteiger charge is -2.12. The fourth-order valence-corrected chi connectivity index (χ4v) is 1.57. The fraction of sp³-hybridized carbons (Fsp3) is 0.500. The summed E-state index contributed by atoms with van der Waals surface area (Å²) >= 11 is 3.39. The van der Waals surface area contributed by atoms with Gasteiger partial charge in [0.25, 0.3) is 0 Å². The molecule has 1 N–H and O–H groups in total. The van der Waals surface area contributed by atoms with Gasteiger partial charge in [-0.25, -0.2) is 4.98 Å². The molecule has 0 aliphatic rings. The maximum atomic E-state index is 4.30. The zero-order valence-electron chi connectivity index (χ0n) is 8.84. The van der Waals surface area contributed by atoms with Gasteiger partial charge in [-0.05, 0) is 48.6 Å². The Morgan fingerprint density at radius 1 is 1.50 bits per heavy atom. The minimum Gasteiger partial charge on any atom is -0.369 e. The molecule has 0 atom stereocenters. The fourth-order valence-electron chi connectivity index (χ4n) is 1.12. The molecule has 0 amide bonds. The lowest BCUT2D eigenvalue weighted by atomic mass is 10.3. The standard InChI is InChI=1S/C10H16BrN3/c1-8-6-9(11)7-13-10(8)12-4-5-14(2)3/h6-7H,4-5H2,1-3H3,(H,12,13). The highest BCUT2D eigenvalue weighted by molar-refractivity contribution is 9.10. The average molecular weight is 258 g/mol. The predicted octanol–water partition coefficient (Wildman–Crippen LogP) is 2.13. The van der Waals surface area contributed by atoms with Crippen LogP contribution in [-0.2, 0) is 0 Å². The molecule has 0 aliphatic carbocycles. The minimum absolute atomic E-state index is 0.919. The summed E-state index contributed by atoms with van der Waals surface area (Å²) in [6.07, 6.45) is 1.81. The molecule has 0 fully saturated rings. The van der Waals surface area contributed by atoms with E-state index in [2.05, 4.69) is 58.2 Å². The topological polar surface area (TPSA) is 28.2 Å². The Balaban J connectivity index is 2.51. The summed E-state index contributed by atoms with van der Waals surface area (Å²) in [7, 11) is 4.12. The van der Waals surface area contributed by atoms with Gasteiger partial charge in [-0.2, -0.15) is 0 Å². The van der Waals surface area contributed by atoms with Crippen LogP contribution in [0.15, 0.2) is 16.7 Å². The number of nitrogens with zero attached hydrogens (tertiary/aromatic N) is 2. The molecule has 1 rings (SSSR count). The Kier molecular flexibility index (Phi) is 4.35. The zero-order valence-corrected chi connectivity index (χ0v) is 10.4. The molecule has 0 saturated heterocycles. The molecule has 0 aliphatic heterocycles. The Hall–Kier alpha value is -0.610. The number of aromatic nitrogens is 1. The monoisotopic (exact) mass is 257 g/mol. The molecule has 0 spiro atoms. The molecular formula is C10H16BrN3. The number of likely N-dealkylation sites (N-methyl/N-ethyl adjacent to an activating group) is 1. The van der Waals surface area contributed by atoms with E-state index in [1.807, 2.05) is 6.20 Å². The molecule has 0 radical (unpaired) electrons. The smallest absolute Gasteiger partial charge is 0.128 e. The molecular weight excluding hydrogens is 242 g/mol. The third-order valence-electron chi connectivity index (χ3n) is 1.90. The van der Waals surface area contributed by atoms with E-state index in [0.717, 1.165) is 28.9 Å². The lowest BCUT2D eigenvalue weighted by molar-refractivity contribution is 0.425. The van der Waals surface area contributed by atoms with E-state index >= 15 is 0 Å². The third-order valence-corrected chi connectivity index (χ3v) is 2.33. The van der Waals surface area contributed by atoms with Crippen LogP contribution < -0.4 is 5.32 Å². The highest BCUT2D eigenvalue weighted by Gasteiger charge is 1.99. The maximum absolute atomic E-state index is 4.30. The number of rotatable bonds is 4. The summed E-state index contributed by atoms with van der Waals surface area (Å²) < 4.78 is 1.02. The normalized spacial score (nSPS) is 10.6. The highest BCUT2D eigenvalue weighted by atomic mass is 79.9. The second-order valence-corrected chi connectivity index (χ2v) is 4.46. The molecule has 1 heterocycles. The van der Waals surface area contributed by atoms with E-state index in [1.165, 1.54) is 0 Å². The molecule has 1 aromatic rings. The number of pyridine rings is 1. The zero-order chi connectivity index (χ0) is 10.6. The number of anilines is 1. The molecule has 0 aromatic carbocycles. The van der Waals surface area contributed by atoms with E-state index in [0.29, 0.717) is 0 Å². The Labute approximate surface area is 93.7 Å². The van der Waals surface area contributed by atoms with E-state index in [-0.39, 0.29) is 0 Å². The third kappa shape index (κ3) is 3.64. The van der Waals surface area contributed by atoms with Gasteiger partial charge in [0.1, 0.15) is 5.82 Å². The lowest BCUT2D eigenvalue weighted by Crippen LogP contribution is -2.21. The van der Waals surface area contributed by atoms with Crippen molar-refractivity contribution in [2.75, 3.05) is 32.5 Å². The van der Waals surface area contributed by atoms with Crippen molar-refractivity contribution >= 4 is 21.7 Å². The van der Waals surface area contributed by atoms with Gasteiger partial charge in [-0.1, -0.05) is 0 Å². The number of hydrogen-bond acceptors (Lipinski definition) is 3. The van der Waals surface area contributed by atoms with Gasteiger partial charge in [0.05, 0.1) is 0 Å². The van der Waals surface area contributed by atoms with Crippen molar-refractivity contribution in [3.05, 3.63) is 22.3 Å². The van der Waals surface area contributed by atoms with Crippen LogP contribution >= 0.6 is 15.9 Å². The summed E-state index contributed by atoms with van der Waals surface area (Å²) in [5.41, 5.74) is 1.16. The van der Waals surface area contributed by atoms with Crippen molar-refractivity contribution in [3.8, 4) is 0 Å². The number of nitrogens with one attached hydrogen (secondary N) is 1. The van der Waals surface area contributed by atoms with Gasteiger partial charge in [0, 0.05) is 23.8 Å². The molecule has 3 nitrogen and oxygen atoms in total. The summed E-state index contributed by atoms with van der Waals surface area (Å²) in [6, 6.07) is 2.06. The van der Waals surface area contributed by atoms with Crippen LogP contribution in [0.5, 0.6) is 0 Å². The summed E-state index contributed by atoms with van der Waals surface area (Å²) in [5.74, 6) is 0.968. The summed E-state index contributed by atoms with van der Waals surface area (Å²) in [6.45, 7) is 3.98. The van der Waals surface area contributed by atoms with Gasteiger partial charge in [-0.15, -0.1) is 0 Å². The second kappa shape index (κ2) is 5.32. The van der Waals surface area contributed by atoms with Crippen molar-refractivity contribution < 1.29 is 0 Å². The van der Waals surface area contributed by atoms with Crippen molar-refractivity contribution in [1.82, 2.24) is 9.88 Å². The second-order valence-electron chi connectivity index (χ2n) is 3.55. The van der Waals surface area contributed by atoms with Crippen LogP contribution in [0.25, 0.3) is 0 Å². The quantitative estimate of drug-likeness (QED) is 0.896. The largest absolute Gasteiger partial charge is 0.369 e. The predicted molar refractivity (Wildman–Crippen MR) is 63.7 cm³/mol. The van der Waals surface area contributed by atoms with Gasteiger partial charge in [0.15, 0.2) is 0 Å². The van der Waals surface area contributed by atoms with E-state index in [4.69, 9.17) is 0 Å². The first-order valence-corrected chi connectivity index (χ1v) is 5.39. The van der Waals surface area contributed by atoms with Crippen molar-refractivity contribution in [2.45, 2.75) is 6.92 Å². The van der Waals surface area contributed by atoms with Crippen molar-refractivity contribution in [2.24, 2.45) is 0 Å². The molecule has 0 unspecified atom stereocenters. The van der Waals surface area contributed by atoms with Crippen LogP contribution in [0, 0.1) is 6.92 Å². The van der Waals surface area contributed by atoms with Gasteiger partial charge in [-0.3, -0.25) is 0 Å². The maximum Gasteiger partial charge on any atom is 0.128 e. The number of hydrogen-bond donors (Lipinski definition) is 1. The summed E-state index contributed by atoms with van der Waals surface area (Å²) in [4.78, 5) is 6.44. The molecule has 14 heavy (non-hydrogen) atoms. The molecule has 0 saturated carbocycles. The Morgan fingerprint density at radius 2 is 2.21 bits per heavy atom. The van der Waals surface area contributed by atoms with Gasteiger partial charge >= 0.3 is 0 Å². The highest BCUT2D eigenvalue weighted by Crippen LogP contribution is 2.16. The van der Waals surface area contributed by atoms with Crippen LogP contribution in [-0.4, -0.2) is 37.1 Å². The van der Waals surface area contributed by atoms with Crippen LogP contribution in [0.3, 0.4) is 0 Å². The minimum atomic E-state index is 0.919. The number of halogens is 1. The van der Waals surface area contributed by atoms with Gasteiger partial charge < -0.3 is 10.2 Å². The SMILES string of the molecule is Cc1cc(Br)cnc1NCCN(C)C. The first-order chi connectivity index (χ1) is 6.59. The van der Waals surface area contributed by atoms with Crippen LogP contribution in [0.2, 0.25) is 0 Å². The molecule has 0 bridgehead atoms. The van der Waals surface area contributed by atoms with Crippen LogP contribution in [0.4, 0.5) is 5.82 Å². The molecule has 4 heteroatoms. The van der Waals surface area contributed by atoms with Crippen molar-refractivity contribution in [3.63, 3.8) is 0 Å².